The van der Waals surface area contributed by atoms with Gasteiger partial charge >= 0.3 is 0 Å². The fourth-order valence-corrected chi connectivity index (χ4v) is 2.73. The number of benzene rings is 1. The number of carbonyl (C=O) groups excluding carboxylic acids is 2. The number of nitriles is 1. The Labute approximate surface area is 132 Å². The van der Waals surface area contributed by atoms with Crippen molar-refractivity contribution in [1.29, 1.82) is 5.26 Å². The first kappa shape index (κ1) is 15.7. The van der Waals surface area contributed by atoms with E-state index in [4.69, 9.17) is 5.26 Å². The Morgan fingerprint density at radius 3 is 2.73 bits per heavy atom. The van der Waals surface area contributed by atoms with Crippen LogP contribution in [0.4, 0.5) is 5.13 Å². The zero-order valence-corrected chi connectivity index (χ0v) is 13.2. The largest absolute Gasteiger partial charge is 0.344 e. The molecule has 0 atom stereocenters. The van der Waals surface area contributed by atoms with E-state index in [0.29, 0.717) is 26.8 Å². The summed E-state index contributed by atoms with van der Waals surface area (Å²) in [5.41, 5.74) is 1.35. The highest BCUT2D eigenvalue weighted by atomic mass is 32.1. The molecular formula is C15H14N4O2S. The molecule has 0 aliphatic carbocycles. The van der Waals surface area contributed by atoms with Gasteiger partial charge in [-0.25, -0.2) is 4.98 Å². The Balaban J connectivity index is 2.21. The lowest BCUT2D eigenvalue weighted by Crippen LogP contribution is -2.21. The minimum Gasteiger partial charge on any atom is -0.344 e. The van der Waals surface area contributed by atoms with E-state index in [2.05, 4.69) is 10.3 Å². The first-order valence-corrected chi connectivity index (χ1v) is 7.24. The molecule has 0 unspecified atom stereocenters. The second-order valence-electron chi connectivity index (χ2n) is 4.78. The van der Waals surface area contributed by atoms with Crippen LogP contribution in [0.5, 0.6) is 0 Å². The second-order valence-corrected chi connectivity index (χ2v) is 5.78. The first-order valence-electron chi connectivity index (χ1n) is 6.43. The number of carbonyl (C=O) groups is 2. The van der Waals surface area contributed by atoms with Crippen molar-refractivity contribution < 1.29 is 9.59 Å². The van der Waals surface area contributed by atoms with Gasteiger partial charge in [-0.3, -0.25) is 14.9 Å². The minimum atomic E-state index is -0.366. The highest BCUT2D eigenvalue weighted by Crippen LogP contribution is 2.24. The third-order valence-corrected chi connectivity index (χ3v) is 3.93. The van der Waals surface area contributed by atoms with E-state index in [0.717, 1.165) is 11.3 Å². The Bertz CT molecular complexity index is 774. The third kappa shape index (κ3) is 3.30. The zero-order valence-electron chi connectivity index (χ0n) is 12.4. The van der Waals surface area contributed by atoms with Crippen molar-refractivity contribution in [2.75, 3.05) is 19.4 Å². The van der Waals surface area contributed by atoms with Crippen LogP contribution in [0.2, 0.25) is 0 Å². The molecule has 0 fully saturated rings. The van der Waals surface area contributed by atoms with Gasteiger partial charge in [0.05, 0.1) is 17.3 Å². The maximum Gasteiger partial charge on any atom is 0.265 e. The van der Waals surface area contributed by atoms with E-state index < -0.39 is 0 Å². The number of anilines is 1. The monoisotopic (exact) mass is 314 g/mol. The number of aromatic nitrogens is 1. The maximum absolute atomic E-state index is 12.2. The molecule has 0 saturated heterocycles. The quantitative estimate of drug-likeness (QED) is 0.941. The molecule has 112 valence electrons. The molecule has 2 amide bonds. The molecule has 0 radical (unpaired) electrons. The Morgan fingerprint density at radius 2 is 2.09 bits per heavy atom. The summed E-state index contributed by atoms with van der Waals surface area (Å²) < 4.78 is 0. The Kier molecular flexibility index (Phi) is 4.53. The predicted molar refractivity (Wildman–Crippen MR) is 84.0 cm³/mol. The van der Waals surface area contributed by atoms with Crippen LogP contribution in [0.1, 0.15) is 31.3 Å². The lowest BCUT2D eigenvalue weighted by atomic mass is 10.1. The number of nitrogens with one attached hydrogen (secondary N) is 1. The van der Waals surface area contributed by atoms with E-state index in [9.17, 15) is 9.59 Å². The van der Waals surface area contributed by atoms with Crippen LogP contribution in [-0.4, -0.2) is 35.8 Å². The molecule has 1 aromatic carbocycles. The molecule has 0 bridgehead atoms. The number of rotatable bonds is 3. The molecule has 0 saturated carbocycles. The summed E-state index contributed by atoms with van der Waals surface area (Å²) in [5, 5.41) is 11.9. The van der Waals surface area contributed by atoms with Gasteiger partial charge in [-0.1, -0.05) is 17.4 Å². The van der Waals surface area contributed by atoms with E-state index in [1.54, 1.807) is 39.2 Å². The fraction of sp³-hybridized carbons (Fsp3) is 0.200. The molecule has 1 aromatic heterocycles. The summed E-state index contributed by atoms with van der Waals surface area (Å²) in [6, 6.07) is 8.36. The zero-order chi connectivity index (χ0) is 16.3. The molecule has 7 heteroatoms. The van der Waals surface area contributed by atoms with E-state index in [1.807, 2.05) is 6.07 Å². The van der Waals surface area contributed by atoms with Crippen LogP contribution in [0, 0.1) is 18.3 Å². The average molecular weight is 314 g/mol. The van der Waals surface area contributed by atoms with Gasteiger partial charge in [0.1, 0.15) is 4.88 Å². The SMILES string of the molecule is Cc1nc(NC(=O)c2cccc(C#N)c2)sc1C(=O)N(C)C. The summed E-state index contributed by atoms with van der Waals surface area (Å²) >= 11 is 1.13. The van der Waals surface area contributed by atoms with Gasteiger partial charge in [-0.05, 0) is 25.1 Å². The topological polar surface area (TPSA) is 86.1 Å². The number of aryl methyl sites for hydroxylation is 1. The molecule has 0 aliphatic rings. The van der Waals surface area contributed by atoms with Crippen molar-refractivity contribution in [3.8, 4) is 6.07 Å². The van der Waals surface area contributed by atoms with Crippen LogP contribution < -0.4 is 5.32 Å². The lowest BCUT2D eigenvalue weighted by Gasteiger charge is -2.07. The number of hydrogen-bond acceptors (Lipinski definition) is 5. The predicted octanol–water partition coefficient (Wildman–Crippen LogP) is 2.28. The normalized spacial score (nSPS) is 9.91. The van der Waals surface area contributed by atoms with Crippen LogP contribution in [0.3, 0.4) is 0 Å². The second kappa shape index (κ2) is 6.37. The Morgan fingerprint density at radius 1 is 1.36 bits per heavy atom. The number of hydrogen-bond donors (Lipinski definition) is 1. The molecule has 2 rings (SSSR count). The van der Waals surface area contributed by atoms with Crippen molar-refractivity contribution in [3.63, 3.8) is 0 Å². The van der Waals surface area contributed by atoms with E-state index >= 15 is 0 Å². The maximum atomic E-state index is 12.2. The molecule has 22 heavy (non-hydrogen) atoms. The summed E-state index contributed by atoms with van der Waals surface area (Å²) in [4.78, 5) is 30.3. The van der Waals surface area contributed by atoms with Gasteiger partial charge in [-0.15, -0.1) is 0 Å². The lowest BCUT2D eigenvalue weighted by molar-refractivity contribution is 0.0831. The molecule has 2 aromatic rings. The number of amides is 2. The van der Waals surface area contributed by atoms with Crippen LogP contribution in [0.25, 0.3) is 0 Å². The van der Waals surface area contributed by atoms with Crippen LogP contribution in [0.15, 0.2) is 24.3 Å². The summed E-state index contributed by atoms with van der Waals surface area (Å²) in [7, 11) is 3.32. The van der Waals surface area contributed by atoms with Crippen molar-refractivity contribution in [1.82, 2.24) is 9.88 Å². The van der Waals surface area contributed by atoms with E-state index in [1.165, 1.54) is 11.0 Å². The number of thiazole rings is 1. The molecule has 1 N–H and O–H groups in total. The molecular weight excluding hydrogens is 300 g/mol. The molecule has 0 aliphatic heterocycles. The minimum absolute atomic E-state index is 0.151. The van der Waals surface area contributed by atoms with Gasteiger partial charge in [0, 0.05) is 19.7 Å². The molecule has 0 spiro atoms. The summed E-state index contributed by atoms with van der Waals surface area (Å²) in [6.07, 6.45) is 0. The van der Waals surface area contributed by atoms with Crippen LogP contribution in [-0.2, 0) is 0 Å². The van der Waals surface area contributed by atoms with Gasteiger partial charge < -0.3 is 4.90 Å². The molecule has 6 nitrogen and oxygen atoms in total. The van der Waals surface area contributed by atoms with Crippen molar-refractivity contribution >= 4 is 28.3 Å². The van der Waals surface area contributed by atoms with Gasteiger partial charge in [0.2, 0.25) is 0 Å². The van der Waals surface area contributed by atoms with Crippen LogP contribution >= 0.6 is 11.3 Å². The standard InChI is InChI=1S/C15H14N4O2S/c1-9-12(14(21)19(2)3)22-15(17-9)18-13(20)11-6-4-5-10(7-11)8-16/h4-7H,1-3H3,(H,17,18,20). The van der Waals surface area contributed by atoms with E-state index in [-0.39, 0.29) is 11.8 Å². The van der Waals surface area contributed by atoms with Crippen molar-refractivity contribution in [3.05, 3.63) is 46.0 Å². The Hall–Kier alpha value is -2.72. The summed E-state index contributed by atoms with van der Waals surface area (Å²) in [5.74, 6) is -0.517. The molecule has 1 heterocycles. The third-order valence-electron chi connectivity index (χ3n) is 2.87. The van der Waals surface area contributed by atoms with Gasteiger partial charge in [-0.2, -0.15) is 5.26 Å². The fourth-order valence-electron chi connectivity index (χ4n) is 1.75. The van der Waals surface area contributed by atoms with Gasteiger partial charge in [0.15, 0.2) is 5.13 Å². The highest BCUT2D eigenvalue weighted by molar-refractivity contribution is 7.17. The first-order chi connectivity index (χ1) is 10.4. The van der Waals surface area contributed by atoms with Crippen molar-refractivity contribution in [2.24, 2.45) is 0 Å². The number of nitrogens with zero attached hydrogens (tertiary/aromatic N) is 3. The average Bonchev–Trinajstić information content (AvgIpc) is 2.86. The summed E-state index contributed by atoms with van der Waals surface area (Å²) in [6.45, 7) is 1.72. The smallest absolute Gasteiger partial charge is 0.265 e. The van der Waals surface area contributed by atoms with Crippen molar-refractivity contribution in [2.45, 2.75) is 6.92 Å². The van der Waals surface area contributed by atoms with Gasteiger partial charge in [0.25, 0.3) is 11.8 Å². The highest BCUT2D eigenvalue weighted by Gasteiger charge is 2.18.